The van der Waals surface area contributed by atoms with E-state index < -0.39 is 35.2 Å². The number of fused-ring (bicyclic) bond motifs is 1. The van der Waals surface area contributed by atoms with E-state index in [1.165, 1.54) is 18.9 Å². The van der Waals surface area contributed by atoms with Crippen molar-refractivity contribution < 1.29 is 24.2 Å². The molecule has 1 unspecified atom stereocenters. The molecule has 1 saturated heterocycles. The number of hydrogen-bond acceptors (Lipinski definition) is 6. The van der Waals surface area contributed by atoms with Crippen LogP contribution in [0.5, 0.6) is 0 Å². The van der Waals surface area contributed by atoms with Gasteiger partial charge < -0.3 is 20.9 Å². The zero-order valence-corrected chi connectivity index (χ0v) is 15.6. The number of amides is 2. The molecule has 3 atom stereocenters. The van der Waals surface area contributed by atoms with Crippen molar-refractivity contribution in [1.29, 1.82) is 0 Å². The largest absolute Gasteiger partial charge is 0.498 e. The maximum Gasteiger partial charge on any atom is 0.356 e. The summed E-state index contributed by atoms with van der Waals surface area (Å²) in [5.74, 6) is -1.57. The number of nitrogens with one attached hydrogen (secondary N) is 1. The minimum Gasteiger partial charge on any atom is -0.498 e. The van der Waals surface area contributed by atoms with Crippen LogP contribution in [-0.2, 0) is 19.1 Å². The molecule has 0 saturated carbocycles. The van der Waals surface area contributed by atoms with E-state index in [-0.39, 0.29) is 23.9 Å². The van der Waals surface area contributed by atoms with Gasteiger partial charge in [0.2, 0.25) is 5.91 Å². The van der Waals surface area contributed by atoms with E-state index in [0.29, 0.717) is 12.2 Å². The lowest BCUT2D eigenvalue weighted by Gasteiger charge is -2.49. The number of carbonyl (C=O) groups is 3. The normalized spacial score (nSPS) is 25.4. The number of ether oxygens (including phenoxy) is 1. The number of allylic oxidation sites excluding steroid dienone is 3. The van der Waals surface area contributed by atoms with E-state index in [4.69, 9.17) is 10.5 Å². The quantitative estimate of drug-likeness (QED) is 0.449. The summed E-state index contributed by atoms with van der Waals surface area (Å²) in [7, 11) is 1.37. The fraction of sp³-hybridized carbons (Fsp3) is 0.438. The molecule has 10 heteroatoms. The molecular weight excluding hydrogens is 382 g/mol. The second kappa shape index (κ2) is 8.15. The summed E-state index contributed by atoms with van der Waals surface area (Å²) in [5, 5.41) is 11.5. The summed E-state index contributed by atoms with van der Waals surface area (Å²) < 4.78 is 5.06. The molecule has 0 spiro atoms. The number of nitrogens with zero attached hydrogens (tertiary/aromatic N) is 1. The highest BCUT2D eigenvalue weighted by Crippen LogP contribution is 2.40. The number of rotatable bonds is 5. The van der Waals surface area contributed by atoms with Crippen LogP contribution in [0.15, 0.2) is 35.3 Å². The third kappa shape index (κ3) is 3.46. The lowest BCUT2D eigenvalue weighted by molar-refractivity contribution is -0.151. The zero-order valence-electron chi connectivity index (χ0n) is 14.0. The molecule has 0 aromatic rings. The number of β-lactam (4-membered cyclic amide) rings is 1. The number of nitrogens with two attached hydrogens (primary N) is 1. The first-order valence-corrected chi connectivity index (χ1v) is 8.85. The molecule has 1 fully saturated rings. The first kappa shape index (κ1) is 20.3. The van der Waals surface area contributed by atoms with Gasteiger partial charge in [-0.25, -0.2) is 4.79 Å². The predicted octanol–water partition coefficient (Wildman–Crippen LogP) is 0.354. The van der Waals surface area contributed by atoms with Gasteiger partial charge in [0.05, 0.1) is 12.9 Å². The van der Waals surface area contributed by atoms with Crippen LogP contribution in [0.3, 0.4) is 0 Å². The summed E-state index contributed by atoms with van der Waals surface area (Å²) in [6.07, 6.45) is 7.20. The van der Waals surface area contributed by atoms with Crippen LogP contribution in [0.4, 0.5) is 0 Å². The van der Waals surface area contributed by atoms with Crippen molar-refractivity contribution in [3.05, 3.63) is 35.3 Å². The van der Waals surface area contributed by atoms with Crippen molar-refractivity contribution in [2.75, 3.05) is 12.9 Å². The molecule has 2 heterocycles. The third-order valence-corrected chi connectivity index (χ3v) is 5.65. The molecule has 4 N–H and O–H groups in total. The molecule has 0 bridgehead atoms. The van der Waals surface area contributed by atoms with Gasteiger partial charge in [-0.2, -0.15) is 0 Å². The van der Waals surface area contributed by atoms with Gasteiger partial charge in [-0.15, -0.1) is 24.2 Å². The summed E-state index contributed by atoms with van der Waals surface area (Å²) in [4.78, 5) is 37.4. The average molecular weight is 402 g/mol. The SMILES string of the molecule is COC1=C(C(=O)O)N2C(=O)[C@@H](NC(=O)C(N)C3=CCC=CC3)[C@H]2SC1.Cl. The lowest BCUT2D eigenvalue weighted by atomic mass is 9.97. The number of aliphatic carboxylic acids is 1. The second-order valence-corrected chi connectivity index (χ2v) is 6.95. The summed E-state index contributed by atoms with van der Waals surface area (Å²) in [6, 6.07) is -1.60. The first-order valence-electron chi connectivity index (χ1n) is 7.80. The van der Waals surface area contributed by atoms with Gasteiger partial charge in [0, 0.05) is 0 Å². The highest BCUT2D eigenvalue weighted by Gasteiger charge is 2.55. The van der Waals surface area contributed by atoms with E-state index in [1.54, 1.807) is 0 Å². The number of carboxylic acids is 1. The van der Waals surface area contributed by atoms with Crippen molar-refractivity contribution >= 4 is 42.0 Å². The van der Waals surface area contributed by atoms with E-state index >= 15 is 0 Å². The van der Waals surface area contributed by atoms with Crippen LogP contribution in [0.1, 0.15) is 12.8 Å². The van der Waals surface area contributed by atoms with Crippen molar-refractivity contribution in [1.82, 2.24) is 10.2 Å². The molecule has 0 aromatic heterocycles. The molecule has 8 nitrogen and oxygen atoms in total. The van der Waals surface area contributed by atoms with Gasteiger partial charge >= 0.3 is 5.97 Å². The summed E-state index contributed by atoms with van der Waals surface area (Å²) >= 11 is 1.35. The molecule has 3 rings (SSSR count). The minimum absolute atomic E-state index is 0. The maximum atomic E-state index is 12.4. The van der Waals surface area contributed by atoms with Gasteiger partial charge in [0.1, 0.15) is 23.2 Å². The van der Waals surface area contributed by atoms with Crippen LogP contribution in [0, 0.1) is 0 Å². The van der Waals surface area contributed by atoms with Crippen molar-refractivity contribution in [2.24, 2.45) is 5.73 Å². The van der Waals surface area contributed by atoms with Gasteiger partial charge in [-0.1, -0.05) is 18.2 Å². The molecule has 26 heavy (non-hydrogen) atoms. The molecule has 1 aliphatic carbocycles. The molecule has 3 aliphatic rings. The lowest BCUT2D eigenvalue weighted by Crippen LogP contribution is -2.71. The van der Waals surface area contributed by atoms with Crippen molar-refractivity contribution in [2.45, 2.75) is 30.3 Å². The highest BCUT2D eigenvalue weighted by molar-refractivity contribution is 8.00. The van der Waals surface area contributed by atoms with Gasteiger partial charge in [-0.05, 0) is 18.4 Å². The van der Waals surface area contributed by atoms with Crippen LogP contribution in [0.2, 0.25) is 0 Å². The van der Waals surface area contributed by atoms with Crippen molar-refractivity contribution in [3.63, 3.8) is 0 Å². The Balaban J connectivity index is 0.00000243. The second-order valence-electron chi connectivity index (χ2n) is 5.85. The average Bonchev–Trinajstić information content (AvgIpc) is 2.64. The smallest absolute Gasteiger partial charge is 0.356 e. The number of thioether (sulfide) groups is 1. The Bertz CT molecular complexity index is 721. The Morgan fingerprint density at radius 3 is 2.77 bits per heavy atom. The highest BCUT2D eigenvalue weighted by atomic mass is 35.5. The van der Waals surface area contributed by atoms with Crippen LogP contribution < -0.4 is 11.1 Å². The topological polar surface area (TPSA) is 122 Å². The zero-order chi connectivity index (χ0) is 18.1. The van der Waals surface area contributed by atoms with Crippen LogP contribution in [0.25, 0.3) is 0 Å². The van der Waals surface area contributed by atoms with Gasteiger partial charge in [-0.3, -0.25) is 14.5 Å². The molecule has 2 aliphatic heterocycles. The molecular formula is C16H20ClN3O5S. The number of hydrogen-bond donors (Lipinski definition) is 3. The Kier molecular flexibility index (Phi) is 6.38. The summed E-state index contributed by atoms with van der Waals surface area (Å²) in [5.41, 5.74) is 6.63. The molecule has 2 amide bonds. The molecule has 0 aromatic carbocycles. The standard InChI is InChI=1S/C16H19N3O5S.ClH/c1-24-9-7-25-15-11(14(21)19(15)12(9)16(22)23)18-13(20)10(17)8-5-3-2-4-6-8;/h2-3,6,10-11,15H,4-5,7,17H2,1H3,(H,18,20)(H,22,23);1H/t10?,11-,15-;/m1./s1. The van der Waals surface area contributed by atoms with Gasteiger partial charge in [0.25, 0.3) is 5.91 Å². The van der Waals surface area contributed by atoms with Gasteiger partial charge in [0.15, 0.2) is 5.70 Å². The predicted molar refractivity (Wildman–Crippen MR) is 98.4 cm³/mol. The van der Waals surface area contributed by atoms with E-state index in [2.05, 4.69) is 5.32 Å². The molecule has 0 radical (unpaired) electrons. The monoisotopic (exact) mass is 401 g/mol. The Morgan fingerprint density at radius 1 is 1.46 bits per heavy atom. The van der Waals surface area contributed by atoms with E-state index in [0.717, 1.165) is 16.9 Å². The van der Waals surface area contributed by atoms with Crippen LogP contribution in [-0.4, -0.2) is 58.1 Å². The Morgan fingerprint density at radius 2 is 2.19 bits per heavy atom. The van der Waals surface area contributed by atoms with E-state index in [9.17, 15) is 19.5 Å². The number of halogens is 1. The fourth-order valence-electron chi connectivity index (χ4n) is 3.03. The van der Waals surface area contributed by atoms with Crippen LogP contribution >= 0.6 is 24.2 Å². The summed E-state index contributed by atoms with van der Waals surface area (Å²) in [6.45, 7) is 0. The third-order valence-electron chi connectivity index (χ3n) is 4.40. The van der Waals surface area contributed by atoms with E-state index in [1.807, 2.05) is 18.2 Å². The van der Waals surface area contributed by atoms with Crippen molar-refractivity contribution in [3.8, 4) is 0 Å². The molecule has 142 valence electrons. The number of carboxylic acid groups (broad SMARTS) is 1. The fourth-order valence-corrected chi connectivity index (χ4v) is 4.34. The Hall–Kier alpha value is -1.97. The Labute approximate surface area is 160 Å². The maximum absolute atomic E-state index is 12.4. The first-order chi connectivity index (χ1) is 12.0. The number of methoxy groups -OCH3 is 1. The number of carbonyl (C=O) groups excluding carboxylic acids is 2. The minimum atomic E-state index is -1.23.